The fraction of sp³-hybridized carbons (Fsp3) is 0.400. The molecule has 0 aliphatic carbocycles. The quantitative estimate of drug-likeness (QED) is 0.384. The SMILES string of the molecule is O=S(=O)(Oc1ccc(CC(F)(F)F)cc1OS(=O)(=O)C(F)(F)F)C(F)(F)F. The third-order valence-corrected chi connectivity index (χ3v) is 4.31. The van der Waals surface area contributed by atoms with Crippen LogP contribution in [0.25, 0.3) is 0 Å². The van der Waals surface area contributed by atoms with Gasteiger partial charge in [-0.1, -0.05) is 6.07 Å². The summed E-state index contributed by atoms with van der Waals surface area (Å²) >= 11 is 0. The molecule has 0 aliphatic heterocycles. The molecular weight excluding hydrogens is 451 g/mol. The van der Waals surface area contributed by atoms with Crippen LogP contribution in [0.1, 0.15) is 5.56 Å². The van der Waals surface area contributed by atoms with Crippen molar-refractivity contribution in [3.63, 3.8) is 0 Å². The second-order valence-electron chi connectivity index (χ2n) is 4.54. The summed E-state index contributed by atoms with van der Waals surface area (Å²) in [5, 5.41) is 0. The summed E-state index contributed by atoms with van der Waals surface area (Å²) in [6, 6.07) is 0.366. The van der Waals surface area contributed by atoms with E-state index < -0.39 is 60.9 Å². The first-order valence-corrected chi connectivity index (χ1v) is 8.78. The fourth-order valence-electron chi connectivity index (χ4n) is 1.36. The second kappa shape index (κ2) is 6.92. The largest absolute Gasteiger partial charge is 0.534 e. The van der Waals surface area contributed by atoms with E-state index in [1.54, 1.807) is 0 Å². The second-order valence-corrected chi connectivity index (χ2v) is 7.62. The topological polar surface area (TPSA) is 86.7 Å². The van der Waals surface area contributed by atoms with E-state index in [-0.39, 0.29) is 12.1 Å². The summed E-state index contributed by atoms with van der Waals surface area (Å²) < 4.78 is 161. The van der Waals surface area contributed by atoms with E-state index in [2.05, 4.69) is 8.37 Å². The zero-order valence-electron chi connectivity index (χ0n) is 12.1. The van der Waals surface area contributed by atoms with Gasteiger partial charge in [-0.25, -0.2) is 0 Å². The lowest BCUT2D eigenvalue weighted by atomic mass is 10.1. The maximum atomic E-state index is 12.3. The number of hydrogen-bond acceptors (Lipinski definition) is 6. The normalized spacial score (nSPS) is 14.1. The molecule has 0 heterocycles. The minimum atomic E-state index is -6.56. The van der Waals surface area contributed by atoms with E-state index in [1.807, 2.05) is 0 Å². The van der Waals surface area contributed by atoms with E-state index in [4.69, 9.17) is 0 Å². The van der Waals surface area contributed by atoms with Crippen LogP contribution in [-0.2, 0) is 26.7 Å². The summed E-state index contributed by atoms with van der Waals surface area (Å²) in [7, 11) is -13.1. The first kappa shape index (κ1) is 23.1. The maximum absolute atomic E-state index is 12.3. The molecule has 1 aromatic rings. The van der Waals surface area contributed by atoms with Crippen molar-refractivity contribution in [2.24, 2.45) is 0 Å². The summed E-state index contributed by atoms with van der Waals surface area (Å²) in [6.45, 7) is 0. The van der Waals surface area contributed by atoms with Crippen LogP contribution in [-0.4, -0.2) is 34.0 Å². The van der Waals surface area contributed by atoms with E-state index in [9.17, 15) is 56.3 Å². The predicted octanol–water partition coefficient (Wildman–Crippen LogP) is 3.25. The number of alkyl halides is 9. The summed E-state index contributed by atoms with van der Waals surface area (Å²) in [6.07, 6.45) is -6.79. The monoisotopic (exact) mass is 456 g/mol. The number of halogens is 9. The van der Waals surface area contributed by atoms with Crippen LogP contribution in [0.3, 0.4) is 0 Å². The third kappa shape index (κ3) is 6.05. The molecule has 0 radical (unpaired) electrons. The van der Waals surface area contributed by atoms with Gasteiger partial charge >= 0.3 is 37.4 Å². The van der Waals surface area contributed by atoms with Gasteiger partial charge in [0, 0.05) is 0 Å². The molecule has 0 saturated carbocycles. The molecule has 0 bridgehead atoms. The Morgan fingerprint density at radius 3 is 1.48 bits per heavy atom. The van der Waals surface area contributed by atoms with Crippen LogP contribution >= 0.6 is 0 Å². The molecule has 1 aromatic carbocycles. The highest BCUT2D eigenvalue weighted by Gasteiger charge is 2.51. The van der Waals surface area contributed by atoms with E-state index in [0.29, 0.717) is 6.07 Å². The van der Waals surface area contributed by atoms with Crippen LogP contribution in [0, 0.1) is 0 Å². The van der Waals surface area contributed by atoms with Gasteiger partial charge in [-0.3, -0.25) is 0 Å². The van der Waals surface area contributed by atoms with Gasteiger partial charge in [-0.15, -0.1) is 0 Å². The smallest absolute Gasteiger partial charge is 0.372 e. The highest BCUT2D eigenvalue weighted by atomic mass is 32.2. The van der Waals surface area contributed by atoms with Crippen LogP contribution in [0.15, 0.2) is 18.2 Å². The Hall–Kier alpha value is -1.91. The molecule has 0 amide bonds. The van der Waals surface area contributed by atoms with E-state index >= 15 is 0 Å². The Morgan fingerprint density at radius 1 is 0.704 bits per heavy atom. The van der Waals surface area contributed by atoms with E-state index in [1.165, 1.54) is 0 Å². The summed E-state index contributed by atoms with van der Waals surface area (Å²) in [4.78, 5) is 0. The van der Waals surface area contributed by atoms with Crippen molar-refractivity contribution >= 4 is 20.2 Å². The van der Waals surface area contributed by atoms with Gasteiger partial charge in [0.25, 0.3) is 0 Å². The number of benzene rings is 1. The fourth-order valence-corrected chi connectivity index (χ4v) is 2.29. The molecule has 0 unspecified atom stereocenters. The van der Waals surface area contributed by atoms with Gasteiger partial charge in [-0.05, 0) is 17.7 Å². The molecule has 0 N–H and O–H groups in total. The van der Waals surface area contributed by atoms with Crippen molar-refractivity contribution in [1.82, 2.24) is 0 Å². The molecule has 0 aliphatic rings. The van der Waals surface area contributed by atoms with Crippen molar-refractivity contribution in [2.45, 2.75) is 23.6 Å². The minimum Gasteiger partial charge on any atom is -0.372 e. The zero-order chi connectivity index (χ0) is 21.5. The van der Waals surface area contributed by atoms with Crippen LogP contribution in [0.4, 0.5) is 39.5 Å². The Bertz CT molecular complexity index is 897. The predicted molar refractivity (Wildman–Crippen MR) is 67.4 cm³/mol. The highest BCUT2D eigenvalue weighted by Crippen LogP contribution is 2.38. The average molecular weight is 456 g/mol. The first-order chi connectivity index (χ1) is 11.8. The Kier molecular flexibility index (Phi) is 5.93. The van der Waals surface area contributed by atoms with Gasteiger partial charge in [0.15, 0.2) is 11.5 Å². The molecule has 156 valence electrons. The lowest BCUT2D eigenvalue weighted by Crippen LogP contribution is -2.30. The number of rotatable bonds is 5. The summed E-state index contributed by atoms with van der Waals surface area (Å²) in [5.74, 6) is -3.58. The Morgan fingerprint density at radius 2 is 1.11 bits per heavy atom. The lowest BCUT2D eigenvalue weighted by Gasteiger charge is -2.16. The lowest BCUT2D eigenvalue weighted by molar-refractivity contribution is -0.127. The molecule has 17 heteroatoms. The maximum Gasteiger partial charge on any atom is 0.534 e. The van der Waals surface area contributed by atoms with Gasteiger partial charge in [0.1, 0.15) is 0 Å². The minimum absolute atomic E-state index is 0.0575. The van der Waals surface area contributed by atoms with Crippen molar-refractivity contribution in [1.29, 1.82) is 0 Å². The third-order valence-electron chi connectivity index (χ3n) is 2.38. The zero-order valence-corrected chi connectivity index (χ0v) is 13.7. The molecule has 0 saturated heterocycles. The van der Waals surface area contributed by atoms with Crippen molar-refractivity contribution in [2.75, 3.05) is 0 Å². The van der Waals surface area contributed by atoms with Gasteiger partial charge < -0.3 is 8.37 Å². The molecule has 0 aromatic heterocycles. The van der Waals surface area contributed by atoms with Gasteiger partial charge in [0.2, 0.25) is 0 Å². The molecular formula is C10H5F9O6S2. The standard InChI is InChI=1S/C10H5F9O6S2/c11-8(12,13)4-5-1-2-6(24-26(20,21)9(14,15)16)7(3-5)25-27(22,23)10(17,18)19/h1-3H,4H2. The Labute approximate surface area is 144 Å². The van der Waals surface area contributed by atoms with Crippen molar-refractivity contribution in [3.05, 3.63) is 23.8 Å². The highest BCUT2D eigenvalue weighted by molar-refractivity contribution is 7.88. The molecule has 1 rings (SSSR count). The molecule has 27 heavy (non-hydrogen) atoms. The van der Waals surface area contributed by atoms with E-state index in [0.717, 1.165) is 0 Å². The summed E-state index contributed by atoms with van der Waals surface area (Å²) in [5.41, 5.74) is -13.1. The average Bonchev–Trinajstić information content (AvgIpc) is 2.36. The van der Waals surface area contributed by atoms with Crippen molar-refractivity contribution in [3.8, 4) is 11.5 Å². The van der Waals surface area contributed by atoms with Gasteiger partial charge in [-0.2, -0.15) is 56.3 Å². The first-order valence-electron chi connectivity index (χ1n) is 5.96. The molecule has 0 fully saturated rings. The molecule has 6 nitrogen and oxygen atoms in total. The Balaban J connectivity index is 3.47. The van der Waals surface area contributed by atoms with Crippen LogP contribution in [0.5, 0.6) is 11.5 Å². The van der Waals surface area contributed by atoms with Gasteiger partial charge in [0.05, 0.1) is 6.42 Å². The van der Waals surface area contributed by atoms with Crippen molar-refractivity contribution < 1.29 is 64.7 Å². The van der Waals surface area contributed by atoms with Crippen LogP contribution in [0.2, 0.25) is 0 Å². The molecule has 0 spiro atoms. The molecule has 0 atom stereocenters. The number of hydrogen-bond donors (Lipinski definition) is 0. The van der Waals surface area contributed by atoms with Crippen LogP contribution < -0.4 is 8.37 Å².